The van der Waals surface area contributed by atoms with Crippen molar-refractivity contribution in [3.8, 4) is 0 Å². The number of alkyl halides is 3. The van der Waals surface area contributed by atoms with E-state index in [1.54, 1.807) is 11.3 Å². The first-order chi connectivity index (χ1) is 16.7. The van der Waals surface area contributed by atoms with Crippen molar-refractivity contribution in [2.75, 3.05) is 19.6 Å². The molecule has 1 aliphatic heterocycles. The monoisotopic (exact) mass is 511 g/mol. The van der Waals surface area contributed by atoms with Crippen LogP contribution in [0, 0.1) is 18.8 Å². The first-order valence-corrected chi connectivity index (χ1v) is 13.7. The minimum absolute atomic E-state index is 0.153. The first-order valence-electron chi connectivity index (χ1n) is 12.9. The van der Waals surface area contributed by atoms with Gasteiger partial charge in [0.1, 0.15) is 17.7 Å². The maximum Gasteiger partial charge on any atom is 0.278 e. The molecular formula is C26H36F3N3O2S. The van der Waals surface area contributed by atoms with Gasteiger partial charge in [-0.3, -0.25) is 4.79 Å². The van der Waals surface area contributed by atoms with Crippen LogP contribution in [-0.4, -0.2) is 40.5 Å². The molecule has 0 unspecified atom stereocenters. The molecule has 0 radical (unpaired) electrons. The molecule has 2 fully saturated rings. The highest BCUT2D eigenvalue weighted by molar-refractivity contribution is 7.11. The summed E-state index contributed by atoms with van der Waals surface area (Å²) in [5.41, 5.74) is -2.49. The summed E-state index contributed by atoms with van der Waals surface area (Å²) in [5, 5.41) is 4.65. The third-order valence-corrected chi connectivity index (χ3v) is 8.77. The average molecular weight is 512 g/mol. The van der Waals surface area contributed by atoms with Crippen molar-refractivity contribution in [1.82, 2.24) is 15.0 Å². The lowest BCUT2D eigenvalue weighted by Crippen LogP contribution is -2.42. The van der Waals surface area contributed by atoms with Crippen LogP contribution in [0.4, 0.5) is 13.2 Å². The number of ketones is 1. The Morgan fingerprint density at radius 3 is 2.54 bits per heavy atom. The van der Waals surface area contributed by atoms with E-state index >= 15 is 4.39 Å². The van der Waals surface area contributed by atoms with E-state index in [2.05, 4.69) is 15.0 Å². The summed E-state index contributed by atoms with van der Waals surface area (Å²) in [6, 6.07) is 0. The molecule has 0 aromatic carbocycles. The van der Waals surface area contributed by atoms with Gasteiger partial charge >= 0.3 is 0 Å². The zero-order valence-corrected chi connectivity index (χ0v) is 21.5. The fraction of sp³-hybridized carbons (Fsp3) is 0.731. The van der Waals surface area contributed by atoms with Crippen LogP contribution in [0.25, 0.3) is 0 Å². The molecule has 194 valence electrons. The Hall–Kier alpha value is -1.74. The average Bonchev–Trinajstić information content (AvgIpc) is 3.50. The number of thiazole rings is 1. The van der Waals surface area contributed by atoms with Gasteiger partial charge in [-0.25, -0.2) is 18.2 Å². The van der Waals surface area contributed by atoms with E-state index in [1.807, 2.05) is 13.1 Å². The van der Waals surface area contributed by atoms with Crippen molar-refractivity contribution in [1.29, 1.82) is 0 Å². The molecule has 0 atom stereocenters. The number of rotatable bonds is 10. The molecule has 5 nitrogen and oxygen atoms in total. The van der Waals surface area contributed by atoms with E-state index in [4.69, 9.17) is 4.52 Å². The topological polar surface area (TPSA) is 59.2 Å². The largest absolute Gasteiger partial charge is 0.364 e. The molecule has 35 heavy (non-hydrogen) atoms. The zero-order valence-electron chi connectivity index (χ0n) is 20.7. The fourth-order valence-electron chi connectivity index (χ4n) is 5.54. The number of hydrogen-bond acceptors (Lipinski definition) is 6. The second kappa shape index (κ2) is 11.1. The fourth-order valence-corrected chi connectivity index (χ4v) is 6.37. The molecule has 3 heterocycles. The summed E-state index contributed by atoms with van der Waals surface area (Å²) in [6.45, 7) is 5.28. The van der Waals surface area contributed by atoms with E-state index in [0.29, 0.717) is 43.6 Å². The van der Waals surface area contributed by atoms with Crippen LogP contribution < -0.4 is 0 Å². The number of likely N-dealkylation sites (tertiary alicyclic amines) is 1. The van der Waals surface area contributed by atoms with Crippen LogP contribution in [0.3, 0.4) is 0 Å². The number of halogens is 3. The smallest absolute Gasteiger partial charge is 0.278 e. The minimum atomic E-state index is -3.13. The summed E-state index contributed by atoms with van der Waals surface area (Å²) in [7, 11) is 0. The molecular weight excluding hydrogens is 475 g/mol. The van der Waals surface area contributed by atoms with Gasteiger partial charge in [0.05, 0.1) is 10.6 Å². The predicted octanol–water partition coefficient (Wildman–Crippen LogP) is 6.60. The SMILES string of the molecule is CCC(F)(F)c1conc1C1(F)CCN(CCC2CCC(CC(=O)Cc3cnc(C)s3)CC2)CC1. The van der Waals surface area contributed by atoms with E-state index in [1.165, 1.54) is 6.92 Å². The minimum Gasteiger partial charge on any atom is -0.364 e. The van der Waals surface area contributed by atoms with Crippen molar-refractivity contribution in [2.45, 2.75) is 89.6 Å². The van der Waals surface area contributed by atoms with Gasteiger partial charge in [0.15, 0.2) is 5.67 Å². The number of carbonyl (C=O) groups excluding carboxylic acids is 1. The standard InChI is InChI=1S/C26H36F3N3O2S/c1-3-26(28,29)23-17-34-31-24(23)25(27)9-12-32(13-10-25)11-8-19-4-6-20(7-5-19)14-21(33)15-22-16-30-18(2)35-22/h16-17,19-20H,3-15H2,1-2H3. The van der Waals surface area contributed by atoms with Gasteiger partial charge in [0, 0.05) is 56.3 Å². The third kappa shape index (κ3) is 6.53. The van der Waals surface area contributed by atoms with Gasteiger partial charge in [0.2, 0.25) is 0 Å². The molecule has 0 spiro atoms. The number of Topliss-reactive ketones (excluding diaryl/α,β-unsaturated/α-hetero) is 1. The summed E-state index contributed by atoms with van der Waals surface area (Å²) in [5.74, 6) is -1.71. The lowest BCUT2D eigenvalue weighted by Gasteiger charge is -2.37. The Bertz CT molecular complexity index is 976. The van der Waals surface area contributed by atoms with Crippen molar-refractivity contribution in [2.24, 2.45) is 11.8 Å². The maximum absolute atomic E-state index is 15.6. The highest BCUT2D eigenvalue weighted by Crippen LogP contribution is 2.44. The zero-order chi connectivity index (χ0) is 25.1. The van der Waals surface area contributed by atoms with E-state index in [9.17, 15) is 13.6 Å². The highest BCUT2D eigenvalue weighted by Gasteiger charge is 2.46. The Kier molecular flexibility index (Phi) is 8.36. The number of nitrogens with zero attached hydrogens (tertiary/aromatic N) is 3. The lowest BCUT2D eigenvalue weighted by molar-refractivity contribution is -0.119. The Morgan fingerprint density at radius 1 is 1.23 bits per heavy atom. The number of piperidine rings is 1. The summed E-state index contributed by atoms with van der Waals surface area (Å²) < 4.78 is 48.8. The quantitative estimate of drug-likeness (QED) is 0.360. The Labute approximate surface area is 209 Å². The van der Waals surface area contributed by atoms with E-state index < -0.39 is 23.6 Å². The van der Waals surface area contributed by atoms with Gasteiger partial charge in [-0.05, 0) is 44.6 Å². The molecule has 2 aromatic rings. The molecule has 0 amide bonds. The molecule has 2 aromatic heterocycles. The van der Waals surface area contributed by atoms with Gasteiger partial charge < -0.3 is 9.42 Å². The van der Waals surface area contributed by atoms with E-state index in [0.717, 1.165) is 54.8 Å². The maximum atomic E-state index is 15.6. The summed E-state index contributed by atoms with van der Waals surface area (Å²) in [6.07, 6.45) is 9.27. The molecule has 0 bridgehead atoms. The number of aryl methyl sites for hydroxylation is 1. The van der Waals surface area contributed by atoms with Crippen molar-refractivity contribution >= 4 is 17.1 Å². The second-order valence-electron chi connectivity index (χ2n) is 10.4. The first kappa shape index (κ1) is 26.3. The van der Waals surface area contributed by atoms with Crippen LogP contribution in [0.5, 0.6) is 0 Å². The predicted molar refractivity (Wildman–Crippen MR) is 129 cm³/mol. The number of aromatic nitrogens is 2. The van der Waals surface area contributed by atoms with Crippen LogP contribution in [-0.2, 0) is 22.8 Å². The molecule has 9 heteroatoms. The van der Waals surface area contributed by atoms with Gasteiger partial charge in [0.25, 0.3) is 5.92 Å². The van der Waals surface area contributed by atoms with Crippen LogP contribution in [0.2, 0.25) is 0 Å². The number of hydrogen-bond donors (Lipinski definition) is 0. The van der Waals surface area contributed by atoms with Crippen LogP contribution in [0.1, 0.15) is 85.9 Å². The van der Waals surface area contributed by atoms with E-state index in [-0.39, 0.29) is 18.5 Å². The summed E-state index contributed by atoms with van der Waals surface area (Å²) >= 11 is 1.60. The van der Waals surface area contributed by atoms with Crippen molar-refractivity contribution in [3.05, 3.63) is 33.6 Å². The van der Waals surface area contributed by atoms with Crippen LogP contribution in [0.15, 0.2) is 17.0 Å². The van der Waals surface area contributed by atoms with Crippen LogP contribution >= 0.6 is 11.3 Å². The third-order valence-electron chi connectivity index (χ3n) is 7.86. The summed E-state index contributed by atoms with van der Waals surface area (Å²) in [4.78, 5) is 19.9. The Morgan fingerprint density at radius 2 is 1.91 bits per heavy atom. The molecule has 1 saturated carbocycles. The molecule has 1 aliphatic carbocycles. The molecule has 2 aliphatic rings. The number of carbonyl (C=O) groups is 1. The van der Waals surface area contributed by atoms with Crippen molar-refractivity contribution in [3.63, 3.8) is 0 Å². The molecule has 0 N–H and O–H groups in total. The van der Waals surface area contributed by atoms with Crippen molar-refractivity contribution < 1.29 is 22.5 Å². The lowest BCUT2D eigenvalue weighted by atomic mass is 9.78. The molecule has 1 saturated heterocycles. The van der Waals surface area contributed by atoms with Gasteiger partial charge in [-0.1, -0.05) is 24.9 Å². The highest BCUT2D eigenvalue weighted by atomic mass is 32.1. The normalized spacial score (nSPS) is 23.5. The molecule has 4 rings (SSSR count). The van der Waals surface area contributed by atoms with Gasteiger partial charge in [-0.15, -0.1) is 11.3 Å². The van der Waals surface area contributed by atoms with Gasteiger partial charge in [-0.2, -0.15) is 0 Å². The second-order valence-corrected chi connectivity index (χ2v) is 11.7. The Balaban J connectivity index is 1.17.